The highest BCUT2D eigenvalue weighted by Crippen LogP contribution is 2.35. The molecular formula is C19H40N9O4P. The van der Waals surface area contributed by atoms with Gasteiger partial charge in [0.25, 0.3) is 13.4 Å². The Balaban J connectivity index is 1.54. The number of carbonyl (C=O) groups is 1. The van der Waals surface area contributed by atoms with Crippen molar-refractivity contribution in [2.24, 2.45) is 11.5 Å². The van der Waals surface area contributed by atoms with Gasteiger partial charge in [-0.3, -0.25) is 15.1 Å². The first kappa shape index (κ1) is 27.7. The van der Waals surface area contributed by atoms with Crippen LogP contribution in [-0.2, 0) is 15.8 Å². The Morgan fingerprint density at radius 3 is 2.55 bits per heavy atom. The van der Waals surface area contributed by atoms with E-state index in [2.05, 4.69) is 31.3 Å². The summed E-state index contributed by atoms with van der Waals surface area (Å²) >= 11 is 0. The monoisotopic (exact) mass is 489 g/mol. The third-order valence-electron chi connectivity index (χ3n) is 5.02. The lowest BCUT2D eigenvalue weighted by Gasteiger charge is -2.24. The Kier molecular flexibility index (Phi) is 12.3. The number of nitrogens with one attached hydrogen (secondary N) is 5. The molecule has 13 nitrogen and oxygen atoms in total. The first-order valence-corrected chi connectivity index (χ1v) is 13.3. The first-order valence-electron chi connectivity index (χ1n) is 11.5. The summed E-state index contributed by atoms with van der Waals surface area (Å²) in [7, 11) is -3.60. The Bertz CT molecular complexity index is 764. The van der Waals surface area contributed by atoms with Crippen LogP contribution in [0.1, 0.15) is 43.1 Å². The Morgan fingerprint density at radius 2 is 1.85 bits per heavy atom. The number of unbranched alkanes of at least 4 members (excludes halogenated alkanes) is 1. The molecule has 33 heavy (non-hydrogen) atoms. The lowest BCUT2D eigenvalue weighted by molar-refractivity contribution is 0.0810. The van der Waals surface area contributed by atoms with Crippen LogP contribution in [0.3, 0.4) is 0 Å². The molecule has 0 saturated carbocycles. The second-order valence-electron chi connectivity index (χ2n) is 8.11. The van der Waals surface area contributed by atoms with Crippen molar-refractivity contribution in [3.63, 3.8) is 0 Å². The summed E-state index contributed by atoms with van der Waals surface area (Å²) in [5.74, 6) is 0.153. The average molecular weight is 490 g/mol. The van der Waals surface area contributed by atoms with Crippen LogP contribution in [0.15, 0.2) is 6.33 Å². The van der Waals surface area contributed by atoms with Crippen molar-refractivity contribution in [1.82, 2.24) is 30.6 Å². The molecule has 3 atom stereocenters. The summed E-state index contributed by atoms with van der Waals surface area (Å²) in [5.41, 5.74) is 11.4. The molecule has 10 N–H and O–H groups in total. The predicted octanol–water partition coefficient (Wildman–Crippen LogP) is -0.883. The van der Waals surface area contributed by atoms with E-state index >= 15 is 0 Å². The largest absolute Gasteiger partial charge is 0.365 e. The molecule has 1 amide bonds. The summed E-state index contributed by atoms with van der Waals surface area (Å²) in [5, 5.41) is 14.8. The minimum absolute atomic E-state index is 0.256. The molecule has 0 aromatic carbocycles. The number of nitrogens with zero attached hydrogens (tertiary/aromatic N) is 2. The van der Waals surface area contributed by atoms with E-state index in [4.69, 9.17) is 16.2 Å². The molecule has 0 radical (unpaired) electrons. The number of hydrogen-bond acceptors (Lipinski definition) is 9. The number of hydrogen-bond donors (Lipinski definition) is 8. The third kappa shape index (κ3) is 10.5. The zero-order chi connectivity index (χ0) is 24.1. The molecular weight excluding hydrogens is 449 g/mol. The van der Waals surface area contributed by atoms with Crippen molar-refractivity contribution in [2.45, 2.75) is 51.5 Å². The number of amides is 1. The van der Waals surface area contributed by atoms with Gasteiger partial charge in [0.1, 0.15) is 12.2 Å². The highest BCUT2D eigenvalue weighted by atomic mass is 31.2. The molecule has 1 aliphatic rings. The molecule has 2 rings (SSSR count). The average Bonchev–Trinajstić information content (AvgIpc) is 3.16. The second-order valence-corrected chi connectivity index (χ2v) is 10.1. The molecule has 0 spiro atoms. The molecule has 2 heterocycles. The lowest BCUT2D eigenvalue weighted by Crippen LogP contribution is -2.51. The third-order valence-corrected chi connectivity index (χ3v) is 6.24. The fraction of sp³-hybridized carbons (Fsp3) is 0.789. The number of aromatic nitrogens is 2. The smallest absolute Gasteiger partial charge is 0.292 e. The summed E-state index contributed by atoms with van der Waals surface area (Å²) in [6.45, 7) is 6.94. The van der Waals surface area contributed by atoms with Gasteiger partial charge in [0, 0.05) is 6.54 Å². The van der Waals surface area contributed by atoms with E-state index in [0.29, 0.717) is 18.9 Å². The van der Waals surface area contributed by atoms with Crippen molar-refractivity contribution in [1.29, 1.82) is 0 Å². The summed E-state index contributed by atoms with van der Waals surface area (Å²) < 4.78 is 19.6. The zero-order valence-electron chi connectivity index (χ0n) is 19.4. The van der Waals surface area contributed by atoms with Gasteiger partial charge in [-0.05, 0) is 65.3 Å². The molecule has 1 aromatic heterocycles. The zero-order valence-corrected chi connectivity index (χ0v) is 20.3. The van der Waals surface area contributed by atoms with E-state index in [-0.39, 0.29) is 24.1 Å². The predicted molar refractivity (Wildman–Crippen MR) is 128 cm³/mol. The van der Waals surface area contributed by atoms with E-state index in [9.17, 15) is 14.3 Å². The molecule has 1 aliphatic heterocycles. The maximum atomic E-state index is 12.3. The maximum absolute atomic E-state index is 12.3. The number of imidazole rings is 1. The molecule has 0 aliphatic carbocycles. The van der Waals surface area contributed by atoms with Gasteiger partial charge < -0.3 is 41.2 Å². The molecule has 0 fully saturated rings. The summed E-state index contributed by atoms with van der Waals surface area (Å²) in [4.78, 5) is 26.1. The van der Waals surface area contributed by atoms with Crippen LogP contribution in [0.25, 0.3) is 0 Å². The second kappa shape index (κ2) is 14.6. The van der Waals surface area contributed by atoms with Crippen LogP contribution in [0, 0.1) is 0 Å². The number of anilines is 1. The van der Waals surface area contributed by atoms with Crippen molar-refractivity contribution < 1.29 is 19.0 Å². The number of rotatable bonds is 18. The van der Waals surface area contributed by atoms with E-state index in [1.807, 2.05) is 0 Å². The van der Waals surface area contributed by atoms with E-state index in [1.165, 1.54) is 6.33 Å². The van der Waals surface area contributed by atoms with Gasteiger partial charge in [0.2, 0.25) is 0 Å². The van der Waals surface area contributed by atoms with Gasteiger partial charge in [-0.2, -0.15) is 0 Å². The Morgan fingerprint density at radius 1 is 1.18 bits per heavy atom. The molecule has 0 saturated heterocycles. The minimum atomic E-state index is -3.60. The van der Waals surface area contributed by atoms with Crippen molar-refractivity contribution in [3.05, 3.63) is 12.0 Å². The highest BCUT2D eigenvalue weighted by molar-refractivity contribution is 7.55. The van der Waals surface area contributed by atoms with E-state index in [1.54, 1.807) is 11.5 Å². The van der Waals surface area contributed by atoms with Crippen molar-refractivity contribution in [3.8, 4) is 0 Å². The van der Waals surface area contributed by atoms with Crippen molar-refractivity contribution >= 4 is 19.2 Å². The fourth-order valence-corrected chi connectivity index (χ4v) is 4.33. The fourth-order valence-electron chi connectivity index (χ4n) is 3.28. The van der Waals surface area contributed by atoms with Gasteiger partial charge in [-0.15, -0.1) is 0 Å². The minimum Gasteiger partial charge on any atom is -0.365 e. The van der Waals surface area contributed by atoms with Crippen LogP contribution in [0.2, 0.25) is 0 Å². The van der Waals surface area contributed by atoms with Gasteiger partial charge in [0.05, 0.1) is 19.0 Å². The van der Waals surface area contributed by atoms with Gasteiger partial charge in [-0.1, -0.05) is 0 Å². The van der Waals surface area contributed by atoms with Crippen LogP contribution in [0.4, 0.5) is 5.82 Å². The molecule has 0 bridgehead atoms. The topological polar surface area (TPSA) is 194 Å². The number of nitrogens with two attached hydrogens (primary N) is 2. The van der Waals surface area contributed by atoms with Crippen LogP contribution < -0.4 is 37.8 Å². The molecule has 190 valence electrons. The molecule has 14 heteroatoms. The summed E-state index contributed by atoms with van der Waals surface area (Å²) in [6.07, 6.45) is 4.07. The number of ether oxygens (including phenoxy) is 1. The van der Waals surface area contributed by atoms with Crippen LogP contribution in [0.5, 0.6) is 0 Å². The standard InChI is InChI=1S/C19H40N9O4P/c1-15(12-28-13-24-16-17(28)26-19(21)27-18(16)29)32-14-33(30,31)25-11-5-10-23-8-3-2-7-22-9-4-6-20/h13,15,19,22-23,26H,2-12,14,20-21H2,1H3,(H,27,29)(H2,25,30,31). The number of carbonyl (C=O) groups excluding carboxylic acids is 1. The SMILES string of the molecule is CC(Cn1cnc2c1NC(N)NC2=O)OCP(=O)(O)NCCCNCCCCNCCCN. The number of fused-ring (bicyclic) bond motifs is 1. The quantitative estimate of drug-likeness (QED) is 0.0942. The molecule has 1 aromatic rings. The lowest BCUT2D eigenvalue weighted by atomic mass is 10.3. The van der Waals surface area contributed by atoms with Gasteiger partial charge in [-0.25, -0.2) is 10.1 Å². The maximum Gasteiger partial charge on any atom is 0.292 e. The van der Waals surface area contributed by atoms with Crippen molar-refractivity contribution in [2.75, 3.05) is 50.9 Å². The Hall–Kier alpha value is -1.57. The first-order chi connectivity index (χ1) is 15.8. The van der Waals surface area contributed by atoms with Gasteiger partial charge >= 0.3 is 0 Å². The normalized spacial score (nSPS) is 18.3. The highest BCUT2D eigenvalue weighted by Gasteiger charge is 2.27. The van der Waals surface area contributed by atoms with E-state index < -0.39 is 13.8 Å². The Labute approximate surface area is 195 Å². The van der Waals surface area contributed by atoms with Gasteiger partial charge in [0.15, 0.2) is 12.0 Å². The summed E-state index contributed by atoms with van der Waals surface area (Å²) in [6, 6.07) is 0. The van der Waals surface area contributed by atoms with E-state index in [0.717, 1.165) is 58.4 Å². The molecule has 3 unspecified atom stereocenters. The van der Waals surface area contributed by atoms with Crippen LogP contribution >= 0.6 is 7.52 Å². The van der Waals surface area contributed by atoms with Crippen LogP contribution in [-0.4, -0.2) is 78.4 Å².